The maximum atomic E-state index is 14.1. The van der Waals surface area contributed by atoms with Gasteiger partial charge in [0.15, 0.2) is 0 Å². The van der Waals surface area contributed by atoms with Crippen molar-refractivity contribution >= 4 is 17.7 Å². The summed E-state index contributed by atoms with van der Waals surface area (Å²) in [5.41, 5.74) is 0.890. The van der Waals surface area contributed by atoms with Crippen molar-refractivity contribution in [1.29, 1.82) is 0 Å². The smallest absolute Gasteiger partial charge is 0.249 e. The number of alkyl halides is 1. The van der Waals surface area contributed by atoms with Crippen LogP contribution in [0, 0.1) is 0 Å². The number of rotatable bonds is 5. The highest BCUT2D eigenvalue weighted by Crippen LogP contribution is 2.28. The van der Waals surface area contributed by atoms with Gasteiger partial charge in [-0.05, 0) is 25.3 Å². The number of hydrogen-bond acceptors (Lipinski definition) is 5. The zero-order valence-electron chi connectivity index (χ0n) is 15.2. The Bertz CT molecular complexity index is 663. The molecule has 0 bridgehead atoms. The fraction of sp³-hybridized carbons (Fsp3) is 0.611. The number of halogens is 1. The van der Waals surface area contributed by atoms with Gasteiger partial charge in [0, 0.05) is 45.9 Å². The summed E-state index contributed by atoms with van der Waals surface area (Å²) in [7, 11) is 5.55. The number of allylic oxidation sites excluding steroid dienone is 1. The zero-order valence-corrected chi connectivity index (χ0v) is 15.2. The molecule has 1 amide bonds. The molecule has 3 rings (SSSR count). The Labute approximate surface area is 148 Å². The van der Waals surface area contributed by atoms with Crippen molar-refractivity contribution in [3.05, 3.63) is 23.9 Å². The summed E-state index contributed by atoms with van der Waals surface area (Å²) < 4.78 is 14.1. The number of carbonyl (C=O) groups excluding carboxylic acids is 1. The number of carbonyl (C=O) groups is 1. The monoisotopic (exact) mass is 347 g/mol. The molecule has 0 radical (unpaired) electrons. The summed E-state index contributed by atoms with van der Waals surface area (Å²) in [6, 6.07) is 1.73. The van der Waals surface area contributed by atoms with E-state index in [0.29, 0.717) is 31.3 Å². The van der Waals surface area contributed by atoms with Crippen LogP contribution in [-0.2, 0) is 4.79 Å². The van der Waals surface area contributed by atoms with Crippen LogP contribution in [0.25, 0.3) is 0 Å². The number of aromatic nitrogens is 2. The fourth-order valence-corrected chi connectivity index (χ4v) is 3.54. The third-order valence-corrected chi connectivity index (χ3v) is 4.83. The van der Waals surface area contributed by atoms with Gasteiger partial charge in [-0.15, -0.1) is 0 Å². The number of likely N-dealkylation sites (N-methyl/N-ethyl adjacent to an activating group) is 1. The van der Waals surface area contributed by atoms with Crippen LogP contribution in [0.4, 0.5) is 16.2 Å². The second-order valence-corrected chi connectivity index (χ2v) is 7.06. The average molecular weight is 347 g/mol. The molecule has 0 aromatic carbocycles. The van der Waals surface area contributed by atoms with E-state index in [1.165, 1.54) is 0 Å². The quantitative estimate of drug-likeness (QED) is 0.816. The molecule has 6 nitrogen and oxygen atoms in total. The van der Waals surface area contributed by atoms with Crippen molar-refractivity contribution in [3.63, 3.8) is 0 Å². The van der Waals surface area contributed by atoms with E-state index in [0.717, 1.165) is 24.8 Å². The lowest BCUT2D eigenvalue weighted by molar-refractivity contribution is -0.126. The third-order valence-electron chi connectivity index (χ3n) is 4.83. The lowest BCUT2D eigenvalue weighted by atomic mass is 10.1. The van der Waals surface area contributed by atoms with Crippen LogP contribution in [0.2, 0.25) is 0 Å². The molecule has 1 saturated heterocycles. The van der Waals surface area contributed by atoms with Gasteiger partial charge in [-0.1, -0.05) is 6.08 Å². The van der Waals surface area contributed by atoms with Crippen LogP contribution < -0.4 is 9.80 Å². The molecule has 1 aromatic heterocycles. The first kappa shape index (κ1) is 17.6. The predicted molar refractivity (Wildman–Crippen MR) is 96.6 cm³/mol. The van der Waals surface area contributed by atoms with E-state index in [4.69, 9.17) is 0 Å². The molecule has 0 N–H and O–H groups in total. The topological polar surface area (TPSA) is 52.6 Å². The highest BCUT2D eigenvalue weighted by Gasteiger charge is 2.35. The van der Waals surface area contributed by atoms with Gasteiger partial charge in [-0.25, -0.2) is 9.37 Å². The molecule has 2 heterocycles. The molecule has 136 valence electrons. The van der Waals surface area contributed by atoms with Crippen LogP contribution in [0.15, 0.2) is 23.9 Å². The molecular weight excluding hydrogens is 321 g/mol. The highest BCUT2D eigenvalue weighted by molar-refractivity contribution is 5.93. The molecule has 1 aromatic rings. The van der Waals surface area contributed by atoms with Gasteiger partial charge in [0.05, 0.1) is 12.6 Å². The van der Waals surface area contributed by atoms with Gasteiger partial charge in [0.2, 0.25) is 11.9 Å². The van der Waals surface area contributed by atoms with Crippen molar-refractivity contribution in [2.45, 2.75) is 37.9 Å². The average Bonchev–Trinajstić information content (AvgIpc) is 3.24. The maximum Gasteiger partial charge on any atom is 0.249 e. The number of hydrogen-bond donors (Lipinski definition) is 0. The summed E-state index contributed by atoms with van der Waals surface area (Å²) in [6.07, 6.45) is 6.10. The van der Waals surface area contributed by atoms with E-state index in [2.05, 4.69) is 9.97 Å². The first-order valence-corrected chi connectivity index (χ1v) is 8.81. The van der Waals surface area contributed by atoms with Crippen LogP contribution >= 0.6 is 0 Å². The molecule has 1 fully saturated rings. The second kappa shape index (κ2) is 7.37. The molecule has 0 saturated carbocycles. The second-order valence-electron chi connectivity index (χ2n) is 7.06. The lowest BCUT2D eigenvalue weighted by Gasteiger charge is -2.29. The largest absolute Gasteiger partial charge is 0.349 e. The zero-order chi connectivity index (χ0) is 18.0. The highest BCUT2D eigenvalue weighted by atomic mass is 19.1. The molecule has 1 aliphatic heterocycles. The van der Waals surface area contributed by atoms with Crippen molar-refractivity contribution in [3.8, 4) is 0 Å². The van der Waals surface area contributed by atoms with Crippen LogP contribution in [0.1, 0.15) is 25.7 Å². The molecule has 2 atom stereocenters. The number of anilines is 2. The Morgan fingerprint density at radius 3 is 2.88 bits per heavy atom. The van der Waals surface area contributed by atoms with Gasteiger partial charge < -0.3 is 14.7 Å². The van der Waals surface area contributed by atoms with Crippen LogP contribution in [-0.4, -0.2) is 67.2 Å². The summed E-state index contributed by atoms with van der Waals surface area (Å²) >= 11 is 0. The SMILES string of the molecule is CN(C[C@@H]1C[C@H](F)CN1c1ccnc(N(C)C)n1)C(=O)C1=CCCC1. The van der Waals surface area contributed by atoms with Crippen molar-refractivity contribution in [2.24, 2.45) is 0 Å². The molecule has 7 heteroatoms. The minimum absolute atomic E-state index is 0.0661. The van der Waals surface area contributed by atoms with E-state index < -0.39 is 6.17 Å². The maximum absolute atomic E-state index is 14.1. The van der Waals surface area contributed by atoms with E-state index in [1.807, 2.05) is 30.0 Å². The molecule has 0 unspecified atom stereocenters. The van der Waals surface area contributed by atoms with Gasteiger partial charge >= 0.3 is 0 Å². The van der Waals surface area contributed by atoms with Crippen LogP contribution in [0.5, 0.6) is 0 Å². The Hall–Kier alpha value is -2.18. The molecular formula is C18H26FN5O. The molecule has 2 aliphatic rings. The van der Waals surface area contributed by atoms with Crippen LogP contribution in [0.3, 0.4) is 0 Å². The standard InChI is InChI=1S/C18H26FN5O/c1-22(2)18-20-9-8-16(21-18)24-11-14(19)10-15(24)12-23(3)17(25)13-6-4-5-7-13/h6,8-9,14-15H,4-5,7,10-12H2,1-3H3/t14-,15-/m0/s1. The molecule has 25 heavy (non-hydrogen) atoms. The summed E-state index contributed by atoms with van der Waals surface area (Å²) in [5, 5.41) is 0. The predicted octanol–water partition coefficient (Wildman–Crippen LogP) is 2.03. The first-order chi connectivity index (χ1) is 12.0. The molecule has 0 spiro atoms. The van der Waals surface area contributed by atoms with Crippen molar-refractivity contribution < 1.29 is 9.18 Å². The molecule has 1 aliphatic carbocycles. The summed E-state index contributed by atoms with van der Waals surface area (Å²) in [5.74, 6) is 1.38. The number of amides is 1. The Morgan fingerprint density at radius 2 is 2.20 bits per heavy atom. The first-order valence-electron chi connectivity index (χ1n) is 8.81. The minimum Gasteiger partial charge on any atom is -0.349 e. The Kier molecular flexibility index (Phi) is 5.20. The number of nitrogens with zero attached hydrogens (tertiary/aromatic N) is 5. The van der Waals surface area contributed by atoms with Gasteiger partial charge in [0.1, 0.15) is 12.0 Å². The van der Waals surface area contributed by atoms with Crippen molar-refractivity contribution in [1.82, 2.24) is 14.9 Å². The van der Waals surface area contributed by atoms with Crippen molar-refractivity contribution in [2.75, 3.05) is 44.0 Å². The van der Waals surface area contributed by atoms with E-state index in [-0.39, 0.29) is 11.9 Å². The van der Waals surface area contributed by atoms with E-state index >= 15 is 0 Å². The van der Waals surface area contributed by atoms with Gasteiger partial charge in [-0.2, -0.15) is 4.98 Å². The van der Waals surface area contributed by atoms with E-state index in [1.54, 1.807) is 24.2 Å². The lowest BCUT2D eigenvalue weighted by Crippen LogP contribution is -2.42. The Morgan fingerprint density at radius 1 is 1.40 bits per heavy atom. The fourth-order valence-electron chi connectivity index (χ4n) is 3.54. The summed E-state index contributed by atoms with van der Waals surface area (Å²) in [6.45, 7) is 0.803. The third kappa shape index (κ3) is 3.91. The minimum atomic E-state index is -0.906. The normalized spacial score (nSPS) is 22.9. The van der Waals surface area contributed by atoms with Gasteiger partial charge in [-0.3, -0.25) is 4.79 Å². The van der Waals surface area contributed by atoms with Gasteiger partial charge in [0.25, 0.3) is 0 Å². The summed E-state index contributed by atoms with van der Waals surface area (Å²) in [4.78, 5) is 26.8. The van der Waals surface area contributed by atoms with E-state index in [9.17, 15) is 9.18 Å². The Balaban J connectivity index is 1.73.